The first-order valence-electron chi connectivity index (χ1n) is 6.58. The lowest BCUT2D eigenvalue weighted by Gasteiger charge is -2.10. The highest BCUT2D eigenvalue weighted by atomic mass is 35.5. The second-order valence-electron chi connectivity index (χ2n) is 4.78. The largest absolute Gasteiger partial charge is 0.324 e. The molecule has 0 saturated heterocycles. The Labute approximate surface area is 127 Å². The zero-order valence-electron chi connectivity index (χ0n) is 10.9. The summed E-state index contributed by atoms with van der Waals surface area (Å²) in [6.45, 7) is 0. The number of aromatic nitrogens is 1. The van der Waals surface area contributed by atoms with Crippen LogP contribution in [0.2, 0.25) is 5.02 Å². The molecule has 2 aromatic carbocycles. The molecule has 2 nitrogen and oxygen atoms in total. The molecule has 3 rings (SSSR count). The molecule has 0 radical (unpaired) electrons. The van der Waals surface area contributed by atoms with Crippen LogP contribution in [0.5, 0.6) is 0 Å². The third-order valence-corrected chi connectivity index (χ3v) is 4.60. The Morgan fingerprint density at radius 2 is 1.95 bits per heavy atom. The van der Waals surface area contributed by atoms with Gasteiger partial charge in [0.2, 0.25) is 0 Å². The molecular weight excluding hydrogens is 288 g/mol. The van der Waals surface area contributed by atoms with Gasteiger partial charge in [0.15, 0.2) is 0 Å². The van der Waals surface area contributed by atoms with Gasteiger partial charge in [-0.2, -0.15) is 0 Å². The van der Waals surface area contributed by atoms with E-state index in [1.807, 2.05) is 36.4 Å². The number of nitrogens with two attached hydrogens (primary N) is 1. The standard InChI is InChI=1S/C16H15ClN2S/c17-12-6-8-14-15(10-12)20-16(19-14)9-7-13(18)11-4-2-1-3-5-11/h1-6,8,10,13H,7,9,18H2. The molecule has 0 amide bonds. The van der Waals surface area contributed by atoms with Crippen molar-refractivity contribution in [2.75, 3.05) is 0 Å². The first-order chi connectivity index (χ1) is 9.72. The molecule has 1 heterocycles. The number of nitrogens with zero attached hydrogens (tertiary/aromatic N) is 1. The van der Waals surface area contributed by atoms with Gasteiger partial charge in [-0.05, 0) is 30.2 Å². The second-order valence-corrected chi connectivity index (χ2v) is 6.33. The SMILES string of the molecule is NC(CCc1nc2ccc(Cl)cc2s1)c1ccccc1. The number of benzene rings is 2. The van der Waals surface area contributed by atoms with Gasteiger partial charge in [0.05, 0.1) is 15.2 Å². The van der Waals surface area contributed by atoms with E-state index in [0.717, 1.165) is 33.1 Å². The number of aryl methyl sites for hydroxylation is 1. The lowest BCUT2D eigenvalue weighted by atomic mass is 10.0. The molecule has 4 heteroatoms. The minimum absolute atomic E-state index is 0.0619. The first-order valence-corrected chi connectivity index (χ1v) is 7.77. The number of fused-ring (bicyclic) bond motifs is 1. The first kappa shape index (κ1) is 13.6. The van der Waals surface area contributed by atoms with Crippen molar-refractivity contribution < 1.29 is 0 Å². The zero-order chi connectivity index (χ0) is 13.9. The molecule has 1 unspecified atom stereocenters. The van der Waals surface area contributed by atoms with Gasteiger partial charge in [-0.1, -0.05) is 41.9 Å². The Morgan fingerprint density at radius 3 is 2.75 bits per heavy atom. The van der Waals surface area contributed by atoms with Crippen LogP contribution in [0.1, 0.15) is 23.0 Å². The molecule has 0 aliphatic heterocycles. The van der Waals surface area contributed by atoms with Gasteiger partial charge in [0.1, 0.15) is 0 Å². The van der Waals surface area contributed by atoms with Gasteiger partial charge in [-0.3, -0.25) is 0 Å². The molecule has 0 saturated carbocycles. The number of rotatable bonds is 4. The van der Waals surface area contributed by atoms with E-state index in [4.69, 9.17) is 17.3 Å². The van der Waals surface area contributed by atoms with Gasteiger partial charge in [-0.25, -0.2) is 4.98 Å². The van der Waals surface area contributed by atoms with Crippen molar-refractivity contribution >= 4 is 33.2 Å². The lowest BCUT2D eigenvalue weighted by molar-refractivity contribution is 0.650. The van der Waals surface area contributed by atoms with E-state index in [9.17, 15) is 0 Å². The summed E-state index contributed by atoms with van der Waals surface area (Å²) >= 11 is 7.69. The normalized spacial score (nSPS) is 12.7. The zero-order valence-corrected chi connectivity index (χ0v) is 12.5. The van der Waals surface area contributed by atoms with E-state index in [2.05, 4.69) is 17.1 Å². The Kier molecular flexibility index (Phi) is 4.01. The lowest BCUT2D eigenvalue weighted by Crippen LogP contribution is -2.10. The maximum Gasteiger partial charge on any atom is 0.0939 e. The Hall–Kier alpha value is -1.42. The maximum atomic E-state index is 6.22. The molecule has 0 aliphatic carbocycles. The van der Waals surface area contributed by atoms with E-state index in [-0.39, 0.29) is 6.04 Å². The molecule has 102 valence electrons. The summed E-state index contributed by atoms with van der Waals surface area (Å²) in [6.07, 6.45) is 1.80. The second kappa shape index (κ2) is 5.92. The summed E-state index contributed by atoms with van der Waals surface area (Å²) in [5.41, 5.74) is 8.41. The van der Waals surface area contributed by atoms with Gasteiger partial charge < -0.3 is 5.73 Å². The quantitative estimate of drug-likeness (QED) is 0.766. The minimum Gasteiger partial charge on any atom is -0.324 e. The summed E-state index contributed by atoms with van der Waals surface area (Å²) in [4.78, 5) is 4.62. The van der Waals surface area contributed by atoms with Crippen LogP contribution in [0.25, 0.3) is 10.2 Å². The van der Waals surface area contributed by atoms with E-state index in [1.165, 1.54) is 5.56 Å². The molecule has 1 atom stereocenters. The van der Waals surface area contributed by atoms with Crippen molar-refractivity contribution in [3.63, 3.8) is 0 Å². The van der Waals surface area contributed by atoms with Gasteiger partial charge in [0.25, 0.3) is 0 Å². The smallest absolute Gasteiger partial charge is 0.0939 e. The van der Waals surface area contributed by atoms with Crippen LogP contribution in [0.4, 0.5) is 0 Å². The molecule has 0 bridgehead atoms. The molecule has 0 aliphatic rings. The topological polar surface area (TPSA) is 38.9 Å². The van der Waals surface area contributed by atoms with Crippen LogP contribution < -0.4 is 5.73 Å². The van der Waals surface area contributed by atoms with Crippen LogP contribution in [0.3, 0.4) is 0 Å². The maximum absolute atomic E-state index is 6.22. The van der Waals surface area contributed by atoms with Crippen molar-refractivity contribution in [3.05, 3.63) is 64.1 Å². The fourth-order valence-corrected chi connectivity index (χ4v) is 3.46. The van der Waals surface area contributed by atoms with Crippen molar-refractivity contribution in [2.24, 2.45) is 5.73 Å². The highest BCUT2D eigenvalue weighted by Gasteiger charge is 2.09. The predicted octanol–water partition coefficient (Wildman–Crippen LogP) is 4.58. The molecule has 2 N–H and O–H groups in total. The predicted molar refractivity (Wildman–Crippen MR) is 86.3 cm³/mol. The van der Waals surface area contributed by atoms with E-state index >= 15 is 0 Å². The van der Waals surface area contributed by atoms with Gasteiger partial charge >= 0.3 is 0 Å². The summed E-state index contributed by atoms with van der Waals surface area (Å²) < 4.78 is 1.14. The van der Waals surface area contributed by atoms with Crippen LogP contribution in [0, 0.1) is 0 Å². The molecule has 0 spiro atoms. The molecule has 3 aromatic rings. The number of thiazole rings is 1. The van der Waals surface area contributed by atoms with Crippen molar-refractivity contribution in [1.82, 2.24) is 4.98 Å². The monoisotopic (exact) mass is 302 g/mol. The van der Waals surface area contributed by atoms with Crippen LogP contribution >= 0.6 is 22.9 Å². The fraction of sp³-hybridized carbons (Fsp3) is 0.188. The van der Waals surface area contributed by atoms with E-state index in [1.54, 1.807) is 11.3 Å². The van der Waals surface area contributed by atoms with Crippen molar-refractivity contribution in [3.8, 4) is 0 Å². The summed E-state index contributed by atoms with van der Waals surface area (Å²) in [5, 5.41) is 1.88. The van der Waals surface area contributed by atoms with E-state index in [0.29, 0.717) is 0 Å². The van der Waals surface area contributed by atoms with Crippen LogP contribution in [-0.2, 0) is 6.42 Å². The van der Waals surface area contributed by atoms with E-state index < -0.39 is 0 Å². The third kappa shape index (κ3) is 3.01. The fourth-order valence-electron chi connectivity index (χ4n) is 2.20. The van der Waals surface area contributed by atoms with Crippen molar-refractivity contribution in [2.45, 2.75) is 18.9 Å². The van der Waals surface area contributed by atoms with Crippen LogP contribution in [-0.4, -0.2) is 4.98 Å². The minimum atomic E-state index is 0.0619. The molecule has 0 fully saturated rings. The third-order valence-electron chi connectivity index (χ3n) is 3.29. The average Bonchev–Trinajstić information content (AvgIpc) is 2.87. The number of hydrogen-bond donors (Lipinski definition) is 1. The highest BCUT2D eigenvalue weighted by Crippen LogP contribution is 2.27. The molecule has 20 heavy (non-hydrogen) atoms. The summed E-state index contributed by atoms with van der Waals surface area (Å²) in [6, 6.07) is 16.1. The Bertz CT molecular complexity index is 709. The highest BCUT2D eigenvalue weighted by molar-refractivity contribution is 7.18. The number of halogens is 1. The Balaban J connectivity index is 1.71. The summed E-state index contributed by atoms with van der Waals surface area (Å²) in [5.74, 6) is 0. The van der Waals surface area contributed by atoms with Crippen LogP contribution in [0.15, 0.2) is 48.5 Å². The van der Waals surface area contributed by atoms with Crippen molar-refractivity contribution in [1.29, 1.82) is 0 Å². The number of hydrogen-bond acceptors (Lipinski definition) is 3. The average molecular weight is 303 g/mol. The summed E-state index contributed by atoms with van der Waals surface area (Å²) in [7, 11) is 0. The molecule has 1 aromatic heterocycles. The Morgan fingerprint density at radius 1 is 1.15 bits per heavy atom. The van der Waals surface area contributed by atoms with Gasteiger partial charge in [0, 0.05) is 17.5 Å². The molecular formula is C16H15ClN2S. The van der Waals surface area contributed by atoms with Gasteiger partial charge in [-0.15, -0.1) is 11.3 Å².